The molecular weight excluding hydrogens is 308 g/mol. The number of aromatic nitrogens is 1. The molecule has 0 amide bonds. The predicted molar refractivity (Wildman–Crippen MR) is 83.7 cm³/mol. The van der Waals surface area contributed by atoms with E-state index in [-0.39, 0.29) is 17.2 Å². The van der Waals surface area contributed by atoms with Crippen LogP contribution in [0.3, 0.4) is 0 Å². The van der Waals surface area contributed by atoms with Crippen molar-refractivity contribution in [2.45, 2.75) is 37.9 Å². The molecule has 3 rings (SSSR count). The first-order valence-electron chi connectivity index (χ1n) is 7.58. The summed E-state index contributed by atoms with van der Waals surface area (Å²) in [6.45, 7) is 2.74. The maximum absolute atomic E-state index is 11.1. The third-order valence-electron chi connectivity index (χ3n) is 3.80. The van der Waals surface area contributed by atoms with Crippen LogP contribution in [0.1, 0.15) is 25.7 Å². The lowest BCUT2D eigenvalue weighted by atomic mass is 10.2. The molecule has 22 heavy (non-hydrogen) atoms. The zero-order valence-corrected chi connectivity index (χ0v) is 13.1. The number of nitro groups is 1. The van der Waals surface area contributed by atoms with Crippen LogP contribution in [0.5, 0.6) is 0 Å². The highest BCUT2D eigenvalue weighted by Crippen LogP contribution is 2.34. The summed E-state index contributed by atoms with van der Waals surface area (Å²) < 4.78 is 11.0. The second-order valence-corrected chi connectivity index (χ2v) is 6.44. The number of anilines is 2. The molecule has 8 nitrogen and oxygen atoms in total. The molecule has 2 aliphatic rings. The van der Waals surface area contributed by atoms with Crippen molar-refractivity contribution in [1.29, 1.82) is 0 Å². The van der Waals surface area contributed by atoms with Gasteiger partial charge in [-0.15, -0.1) is 0 Å². The maximum atomic E-state index is 11.1. The second kappa shape index (κ2) is 7.21. The number of rotatable bonds is 7. The van der Waals surface area contributed by atoms with Crippen LogP contribution in [-0.2, 0) is 9.47 Å². The van der Waals surface area contributed by atoms with Crippen LogP contribution in [-0.4, -0.2) is 48.4 Å². The van der Waals surface area contributed by atoms with Crippen LogP contribution >= 0.6 is 11.3 Å². The molecule has 0 unspecified atom stereocenters. The highest BCUT2D eigenvalue weighted by atomic mass is 32.1. The molecule has 0 bridgehead atoms. The summed E-state index contributed by atoms with van der Waals surface area (Å²) in [5.74, 6) is 0.320. The summed E-state index contributed by atoms with van der Waals surface area (Å²) in [4.78, 5) is 15.0. The average molecular weight is 328 g/mol. The van der Waals surface area contributed by atoms with Gasteiger partial charge in [-0.1, -0.05) is 0 Å². The van der Waals surface area contributed by atoms with E-state index in [1.54, 1.807) is 0 Å². The Morgan fingerprint density at radius 2 is 1.82 bits per heavy atom. The van der Waals surface area contributed by atoms with E-state index >= 15 is 0 Å². The van der Waals surface area contributed by atoms with Crippen molar-refractivity contribution < 1.29 is 14.4 Å². The van der Waals surface area contributed by atoms with E-state index in [2.05, 4.69) is 15.6 Å². The van der Waals surface area contributed by atoms with Crippen LogP contribution < -0.4 is 10.6 Å². The fourth-order valence-electron chi connectivity index (χ4n) is 2.65. The lowest BCUT2D eigenvalue weighted by Gasteiger charge is -2.10. The number of ether oxygens (including phenoxy) is 2. The Hall–Kier alpha value is -1.45. The first kappa shape index (κ1) is 15.4. The van der Waals surface area contributed by atoms with Gasteiger partial charge in [-0.25, -0.2) is 0 Å². The third kappa shape index (κ3) is 3.84. The summed E-state index contributed by atoms with van der Waals surface area (Å²) in [7, 11) is 0. The Morgan fingerprint density at radius 3 is 2.36 bits per heavy atom. The van der Waals surface area contributed by atoms with E-state index in [1.807, 2.05) is 0 Å². The zero-order valence-electron chi connectivity index (χ0n) is 12.2. The van der Waals surface area contributed by atoms with Crippen LogP contribution in [0.2, 0.25) is 0 Å². The zero-order chi connectivity index (χ0) is 15.4. The average Bonchev–Trinajstić information content (AvgIpc) is 3.23. The lowest BCUT2D eigenvalue weighted by Crippen LogP contribution is -2.19. The second-order valence-electron chi connectivity index (χ2n) is 5.46. The molecule has 2 fully saturated rings. The number of hydrogen-bond donors (Lipinski definition) is 2. The molecule has 2 atom stereocenters. The van der Waals surface area contributed by atoms with Crippen LogP contribution in [0.15, 0.2) is 0 Å². The first-order valence-corrected chi connectivity index (χ1v) is 8.40. The van der Waals surface area contributed by atoms with Crippen molar-refractivity contribution in [3.63, 3.8) is 0 Å². The molecule has 0 radical (unpaired) electrons. The van der Waals surface area contributed by atoms with Gasteiger partial charge in [0.05, 0.1) is 17.1 Å². The summed E-state index contributed by atoms with van der Waals surface area (Å²) >= 11 is 1.05. The van der Waals surface area contributed by atoms with E-state index in [4.69, 9.17) is 9.47 Å². The number of nitrogens with zero attached hydrogens (tertiary/aromatic N) is 2. The van der Waals surface area contributed by atoms with Gasteiger partial charge in [-0.3, -0.25) is 10.1 Å². The summed E-state index contributed by atoms with van der Waals surface area (Å²) in [5.41, 5.74) is 0. The molecule has 2 saturated heterocycles. The molecule has 0 aliphatic carbocycles. The van der Waals surface area contributed by atoms with E-state index < -0.39 is 4.92 Å². The van der Waals surface area contributed by atoms with E-state index in [0.717, 1.165) is 50.2 Å². The summed E-state index contributed by atoms with van der Waals surface area (Å²) in [5, 5.41) is 17.9. The van der Waals surface area contributed by atoms with E-state index in [9.17, 15) is 10.1 Å². The Balaban J connectivity index is 1.58. The van der Waals surface area contributed by atoms with E-state index in [0.29, 0.717) is 24.0 Å². The number of hydrogen-bond acceptors (Lipinski definition) is 8. The van der Waals surface area contributed by atoms with Crippen molar-refractivity contribution >= 4 is 27.3 Å². The normalized spacial score (nSPS) is 24.5. The van der Waals surface area contributed by atoms with Gasteiger partial charge in [0, 0.05) is 26.3 Å². The molecule has 0 aromatic carbocycles. The quantitative estimate of drug-likeness (QED) is 0.585. The SMILES string of the molecule is O=[N+]([O-])c1sc(NC[C@H]2CCCO2)nc1NC[C@@H]1CCCO1. The monoisotopic (exact) mass is 328 g/mol. The van der Waals surface area contributed by atoms with Gasteiger partial charge in [0.2, 0.25) is 5.82 Å². The Labute approximate surface area is 132 Å². The number of thiazole rings is 1. The molecule has 1 aromatic heterocycles. The van der Waals surface area contributed by atoms with Gasteiger partial charge in [0.1, 0.15) is 0 Å². The lowest BCUT2D eigenvalue weighted by molar-refractivity contribution is -0.379. The maximum Gasteiger partial charge on any atom is 0.369 e. The molecule has 122 valence electrons. The Morgan fingerprint density at radius 1 is 1.18 bits per heavy atom. The topological polar surface area (TPSA) is 98.6 Å². The predicted octanol–water partition coefficient (Wildman–Crippen LogP) is 2.23. The molecule has 1 aromatic rings. The molecule has 2 N–H and O–H groups in total. The van der Waals surface area contributed by atoms with Crippen molar-refractivity contribution in [3.8, 4) is 0 Å². The minimum absolute atomic E-state index is 0.0350. The smallest absolute Gasteiger partial charge is 0.369 e. The molecule has 0 spiro atoms. The van der Waals surface area contributed by atoms with Crippen molar-refractivity contribution in [2.75, 3.05) is 36.9 Å². The Bertz CT molecular complexity index is 512. The van der Waals surface area contributed by atoms with Crippen molar-refractivity contribution in [2.24, 2.45) is 0 Å². The van der Waals surface area contributed by atoms with Gasteiger partial charge in [-0.05, 0) is 37.0 Å². The Kier molecular flexibility index (Phi) is 5.06. The van der Waals surface area contributed by atoms with Gasteiger partial charge in [0.25, 0.3) is 0 Å². The van der Waals surface area contributed by atoms with Gasteiger partial charge < -0.3 is 20.1 Å². The third-order valence-corrected chi connectivity index (χ3v) is 4.77. The van der Waals surface area contributed by atoms with Crippen molar-refractivity contribution in [1.82, 2.24) is 4.98 Å². The van der Waals surface area contributed by atoms with Gasteiger partial charge in [-0.2, -0.15) is 4.98 Å². The highest BCUT2D eigenvalue weighted by molar-refractivity contribution is 7.19. The minimum atomic E-state index is -0.396. The standard InChI is InChI=1S/C13H20N4O4S/c18-17(19)12-11(14-7-9-3-1-5-20-9)16-13(22-12)15-8-10-4-2-6-21-10/h9-10,14H,1-8H2,(H,15,16)/t9-,10+/m0/s1. The number of nitrogens with one attached hydrogen (secondary N) is 2. The fraction of sp³-hybridized carbons (Fsp3) is 0.769. The van der Waals surface area contributed by atoms with Gasteiger partial charge >= 0.3 is 5.00 Å². The van der Waals surface area contributed by atoms with Crippen LogP contribution in [0.25, 0.3) is 0 Å². The fourth-order valence-corrected chi connectivity index (χ4v) is 3.41. The van der Waals surface area contributed by atoms with Crippen molar-refractivity contribution in [3.05, 3.63) is 10.1 Å². The molecule has 2 aliphatic heterocycles. The summed E-state index contributed by atoms with van der Waals surface area (Å²) in [6.07, 6.45) is 4.40. The summed E-state index contributed by atoms with van der Waals surface area (Å²) in [6, 6.07) is 0. The molecule has 0 saturated carbocycles. The minimum Gasteiger partial charge on any atom is -0.376 e. The highest BCUT2D eigenvalue weighted by Gasteiger charge is 2.24. The largest absolute Gasteiger partial charge is 0.376 e. The van der Waals surface area contributed by atoms with Crippen LogP contribution in [0, 0.1) is 10.1 Å². The molecular formula is C13H20N4O4S. The van der Waals surface area contributed by atoms with Crippen LogP contribution in [0.4, 0.5) is 16.0 Å². The van der Waals surface area contributed by atoms with E-state index in [1.165, 1.54) is 0 Å². The molecule has 3 heterocycles. The van der Waals surface area contributed by atoms with Gasteiger partial charge in [0.15, 0.2) is 5.13 Å². The first-order chi connectivity index (χ1) is 10.7. The molecule has 9 heteroatoms.